The normalized spacial score (nSPS) is 10.7. The van der Waals surface area contributed by atoms with Gasteiger partial charge in [0.15, 0.2) is 17.5 Å². The molecule has 0 aromatic heterocycles. The third-order valence-corrected chi connectivity index (χ3v) is 4.25. The number of methoxy groups -OCH3 is 3. The molecule has 0 atom stereocenters. The summed E-state index contributed by atoms with van der Waals surface area (Å²) in [5.74, 6) is 1.17. The van der Waals surface area contributed by atoms with Gasteiger partial charge in [-0.1, -0.05) is 0 Å². The van der Waals surface area contributed by atoms with E-state index in [2.05, 4.69) is 15.6 Å². The molecular weight excluding hydrogens is 523 g/mol. The first-order chi connectivity index (χ1) is 14.5. The van der Waals surface area contributed by atoms with Gasteiger partial charge in [0, 0.05) is 37.4 Å². The molecule has 0 unspecified atom stereocenters. The maximum atomic E-state index is 13.6. The summed E-state index contributed by atoms with van der Waals surface area (Å²) in [6.07, 6.45) is 0.619. The number of aliphatic imine (C=N–C) groups is 1. The van der Waals surface area contributed by atoms with Gasteiger partial charge >= 0.3 is 0 Å². The number of nitrogens with zero attached hydrogens (tertiary/aromatic N) is 1. The van der Waals surface area contributed by atoms with Crippen LogP contribution in [0, 0.1) is 11.6 Å². The van der Waals surface area contributed by atoms with Crippen molar-refractivity contribution in [3.05, 3.63) is 47.5 Å². The number of benzene rings is 2. The molecule has 0 aliphatic carbocycles. The Morgan fingerprint density at radius 3 is 2.10 bits per heavy atom. The van der Waals surface area contributed by atoms with Crippen molar-refractivity contribution in [3.63, 3.8) is 0 Å². The molecule has 0 saturated carbocycles. The van der Waals surface area contributed by atoms with Crippen LogP contribution < -0.4 is 29.6 Å². The second kappa shape index (κ2) is 13.7. The van der Waals surface area contributed by atoms with Crippen LogP contribution in [-0.4, -0.2) is 54.0 Å². The van der Waals surface area contributed by atoms with Crippen molar-refractivity contribution in [2.24, 2.45) is 4.99 Å². The highest BCUT2D eigenvalue weighted by molar-refractivity contribution is 14.0. The Morgan fingerprint density at radius 2 is 1.55 bits per heavy atom. The molecule has 2 rings (SSSR count). The summed E-state index contributed by atoms with van der Waals surface area (Å²) in [7, 11) is 6.41. The number of halogens is 3. The zero-order valence-corrected chi connectivity index (χ0v) is 20.3. The zero-order valence-electron chi connectivity index (χ0n) is 18.0. The van der Waals surface area contributed by atoms with Gasteiger partial charge in [-0.2, -0.15) is 0 Å². The zero-order chi connectivity index (χ0) is 21.9. The van der Waals surface area contributed by atoms with E-state index in [1.807, 2.05) is 0 Å². The van der Waals surface area contributed by atoms with Gasteiger partial charge in [0.25, 0.3) is 0 Å². The average molecular weight is 551 g/mol. The van der Waals surface area contributed by atoms with Crippen LogP contribution in [0.25, 0.3) is 0 Å². The van der Waals surface area contributed by atoms with Crippen molar-refractivity contribution in [1.29, 1.82) is 0 Å². The number of hydrogen-bond donors (Lipinski definition) is 2. The first-order valence-electron chi connectivity index (χ1n) is 9.33. The Kier molecular flexibility index (Phi) is 11.8. The maximum absolute atomic E-state index is 13.6. The van der Waals surface area contributed by atoms with E-state index in [9.17, 15) is 8.78 Å². The van der Waals surface area contributed by atoms with E-state index >= 15 is 0 Å². The van der Waals surface area contributed by atoms with Gasteiger partial charge < -0.3 is 29.6 Å². The lowest BCUT2D eigenvalue weighted by Gasteiger charge is -2.16. The van der Waals surface area contributed by atoms with Crippen LogP contribution in [0.15, 0.2) is 35.3 Å². The molecule has 2 aromatic rings. The van der Waals surface area contributed by atoms with E-state index in [1.165, 1.54) is 6.07 Å². The van der Waals surface area contributed by atoms with E-state index in [0.717, 1.165) is 17.7 Å². The fourth-order valence-corrected chi connectivity index (χ4v) is 2.77. The maximum Gasteiger partial charge on any atom is 0.191 e. The first-order valence-corrected chi connectivity index (χ1v) is 9.33. The third-order valence-electron chi connectivity index (χ3n) is 4.25. The van der Waals surface area contributed by atoms with E-state index in [1.54, 1.807) is 40.5 Å². The molecule has 10 heteroatoms. The number of guanidine groups is 1. The standard InChI is InChI=1S/C21H27F2N3O4.HI/c1-24-21(26-9-10-30-18-6-5-14(22)11-17(18)23)25-8-7-16-19(28-3)12-15(27-2)13-20(16)29-4;/h5-6,11-13H,7-10H2,1-4H3,(H2,24,25,26);1H. The predicted molar refractivity (Wildman–Crippen MR) is 126 cm³/mol. The van der Waals surface area contributed by atoms with Crippen LogP contribution in [0.4, 0.5) is 8.78 Å². The highest BCUT2D eigenvalue weighted by atomic mass is 127. The summed E-state index contributed by atoms with van der Waals surface area (Å²) in [5.41, 5.74) is 0.902. The van der Waals surface area contributed by atoms with Gasteiger partial charge in [0.1, 0.15) is 29.7 Å². The lowest BCUT2D eigenvalue weighted by Crippen LogP contribution is -2.40. The first kappa shape index (κ1) is 26.5. The summed E-state index contributed by atoms with van der Waals surface area (Å²) in [4.78, 5) is 4.14. The Hall–Kier alpha value is -2.50. The molecule has 2 aromatic carbocycles. The number of nitrogens with one attached hydrogen (secondary N) is 2. The monoisotopic (exact) mass is 551 g/mol. The number of rotatable bonds is 10. The molecule has 0 amide bonds. The molecule has 0 heterocycles. The van der Waals surface area contributed by atoms with Crippen molar-refractivity contribution in [2.45, 2.75) is 6.42 Å². The average Bonchev–Trinajstić information content (AvgIpc) is 2.76. The minimum Gasteiger partial charge on any atom is -0.496 e. The highest BCUT2D eigenvalue weighted by Gasteiger charge is 2.13. The van der Waals surface area contributed by atoms with Crippen LogP contribution in [0.3, 0.4) is 0 Å². The second-order valence-electron chi connectivity index (χ2n) is 6.11. The summed E-state index contributed by atoms with van der Waals surface area (Å²) in [5, 5.41) is 6.25. The van der Waals surface area contributed by atoms with Gasteiger partial charge in [-0.25, -0.2) is 8.78 Å². The summed E-state index contributed by atoms with van der Waals surface area (Å²) < 4.78 is 47.9. The topological polar surface area (TPSA) is 73.3 Å². The molecule has 172 valence electrons. The SMILES string of the molecule is CN=C(NCCOc1ccc(F)cc1F)NCCc1c(OC)cc(OC)cc1OC.I. The molecule has 0 spiro atoms. The van der Waals surface area contributed by atoms with Crippen LogP contribution in [0.1, 0.15) is 5.56 Å². The molecule has 31 heavy (non-hydrogen) atoms. The summed E-state index contributed by atoms with van der Waals surface area (Å²) in [6.45, 7) is 1.13. The van der Waals surface area contributed by atoms with Crippen molar-refractivity contribution in [3.8, 4) is 23.0 Å². The van der Waals surface area contributed by atoms with E-state index in [-0.39, 0.29) is 36.3 Å². The molecule has 2 N–H and O–H groups in total. The largest absolute Gasteiger partial charge is 0.496 e. The smallest absolute Gasteiger partial charge is 0.191 e. The van der Waals surface area contributed by atoms with Crippen LogP contribution in [0.5, 0.6) is 23.0 Å². The Labute approximate surface area is 198 Å². The fourth-order valence-electron chi connectivity index (χ4n) is 2.77. The van der Waals surface area contributed by atoms with E-state index in [4.69, 9.17) is 18.9 Å². The van der Waals surface area contributed by atoms with E-state index < -0.39 is 11.6 Å². The van der Waals surface area contributed by atoms with Crippen LogP contribution in [0.2, 0.25) is 0 Å². The molecule has 0 saturated heterocycles. The third kappa shape index (κ3) is 7.93. The molecule has 0 aliphatic heterocycles. The van der Waals surface area contributed by atoms with Gasteiger partial charge in [-0.05, 0) is 18.6 Å². The quantitative estimate of drug-likeness (QED) is 0.204. The number of ether oxygens (including phenoxy) is 4. The number of hydrogen-bond acceptors (Lipinski definition) is 5. The molecule has 7 nitrogen and oxygen atoms in total. The van der Waals surface area contributed by atoms with Crippen molar-refractivity contribution < 1.29 is 27.7 Å². The molecule has 0 bridgehead atoms. The van der Waals surface area contributed by atoms with Gasteiger partial charge in [-0.3, -0.25) is 4.99 Å². The van der Waals surface area contributed by atoms with Crippen molar-refractivity contribution in [2.75, 3.05) is 48.1 Å². The fraction of sp³-hybridized carbons (Fsp3) is 0.381. The van der Waals surface area contributed by atoms with Gasteiger partial charge in [0.2, 0.25) is 0 Å². The van der Waals surface area contributed by atoms with E-state index in [0.29, 0.717) is 42.7 Å². The Balaban J connectivity index is 0.00000480. The molecule has 0 radical (unpaired) electrons. The Bertz CT molecular complexity index is 844. The Morgan fingerprint density at radius 1 is 0.903 bits per heavy atom. The molecule has 0 fully saturated rings. The summed E-state index contributed by atoms with van der Waals surface area (Å²) >= 11 is 0. The lowest BCUT2D eigenvalue weighted by molar-refractivity contribution is 0.304. The molecule has 0 aliphatic rings. The van der Waals surface area contributed by atoms with Crippen LogP contribution in [-0.2, 0) is 6.42 Å². The van der Waals surface area contributed by atoms with Gasteiger partial charge in [0.05, 0.1) is 27.9 Å². The lowest BCUT2D eigenvalue weighted by atomic mass is 10.1. The minimum absolute atomic E-state index is 0. The van der Waals surface area contributed by atoms with Crippen molar-refractivity contribution in [1.82, 2.24) is 10.6 Å². The van der Waals surface area contributed by atoms with Crippen molar-refractivity contribution >= 4 is 29.9 Å². The minimum atomic E-state index is -0.736. The molecular formula is C21H28F2IN3O4. The summed E-state index contributed by atoms with van der Waals surface area (Å²) in [6, 6.07) is 6.79. The van der Waals surface area contributed by atoms with Gasteiger partial charge in [-0.15, -0.1) is 24.0 Å². The van der Waals surface area contributed by atoms with Crippen LogP contribution >= 0.6 is 24.0 Å². The predicted octanol–water partition coefficient (Wildman–Crippen LogP) is 3.40. The highest BCUT2D eigenvalue weighted by Crippen LogP contribution is 2.34. The second-order valence-corrected chi connectivity index (χ2v) is 6.11.